The van der Waals surface area contributed by atoms with Crippen molar-refractivity contribution in [3.05, 3.63) is 83.9 Å². The van der Waals surface area contributed by atoms with E-state index in [1.165, 1.54) is 10.8 Å². The summed E-state index contributed by atoms with van der Waals surface area (Å²) in [6, 6.07) is 24.6. The van der Waals surface area contributed by atoms with Gasteiger partial charge >= 0.3 is 0 Å². The number of hydrogen-bond acceptors (Lipinski definition) is 1. The Bertz CT molecular complexity index is 815. The van der Waals surface area contributed by atoms with Crippen LogP contribution in [0.15, 0.2) is 77.8 Å². The number of fused-ring (bicyclic) bond motifs is 1. The van der Waals surface area contributed by atoms with Crippen molar-refractivity contribution in [3.8, 4) is 11.8 Å². The van der Waals surface area contributed by atoms with E-state index in [9.17, 15) is 0 Å². The average Bonchev–Trinajstić information content (AvgIpc) is 2.56. The van der Waals surface area contributed by atoms with E-state index in [1.807, 2.05) is 54.7 Å². The summed E-state index contributed by atoms with van der Waals surface area (Å²) in [5, 5.41) is 2.41. The van der Waals surface area contributed by atoms with Crippen molar-refractivity contribution in [2.24, 2.45) is 4.99 Å². The van der Waals surface area contributed by atoms with Gasteiger partial charge < -0.3 is 0 Å². The van der Waals surface area contributed by atoms with Gasteiger partial charge in [-0.25, -0.2) is 0 Å². The van der Waals surface area contributed by atoms with Gasteiger partial charge in [-0.15, -0.1) is 0 Å². The predicted molar refractivity (Wildman–Crippen MR) is 89.7 cm³/mol. The maximum atomic E-state index is 4.34. The highest BCUT2D eigenvalue weighted by Crippen LogP contribution is 2.17. The maximum absolute atomic E-state index is 4.34. The van der Waals surface area contributed by atoms with Crippen LogP contribution in [0.4, 0.5) is 0 Å². The van der Waals surface area contributed by atoms with Gasteiger partial charge in [0.1, 0.15) is 6.54 Å². The minimum atomic E-state index is 0.512. The standard InChI is InChI=1S/C20H15N/c1-2-8-17(9-3-1)16-21-15-7-13-19-12-6-11-18-10-4-5-14-20(18)19/h1-6,8-12,14,16H,15H2. The lowest BCUT2D eigenvalue weighted by Crippen LogP contribution is -1.82. The van der Waals surface area contributed by atoms with Crippen molar-refractivity contribution in [1.82, 2.24) is 0 Å². The third kappa shape index (κ3) is 3.38. The molecule has 100 valence electrons. The Morgan fingerprint density at radius 1 is 0.810 bits per heavy atom. The van der Waals surface area contributed by atoms with Crippen LogP contribution in [0, 0.1) is 11.8 Å². The van der Waals surface area contributed by atoms with Gasteiger partial charge in [-0.05, 0) is 22.4 Å². The van der Waals surface area contributed by atoms with Gasteiger partial charge in [0.05, 0.1) is 0 Å². The second-order valence-electron chi connectivity index (χ2n) is 4.71. The van der Waals surface area contributed by atoms with E-state index in [2.05, 4.69) is 41.1 Å². The Hall–Kier alpha value is -2.85. The third-order valence-electron chi connectivity index (χ3n) is 3.22. The van der Waals surface area contributed by atoms with Crippen molar-refractivity contribution >= 4 is 17.0 Å². The molecule has 3 rings (SSSR count). The lowest BCUT2D eigenvalue weighted by atomic mass is 10.1. The molecule has 0 N–H and O–H groups in total. The van der Waals surface area contributed by atoms with Crippen LogP contribution in [0.25, 0.3) is 10.8 Å². The number of aliphatic imine (C=N–C) groups is 1. The van der Waals surface area contributed by atoms with Gasteiger partial charge in [-0.3, -0.25) is 4.99 Å². The van der Waals surface area contributed by atoms with Crippen LogP contribution in [0.5, 0.6) is 0 Å². The van der Waals surface area contributed by atoms with E-state index in [0.717, 1.165) is 11.1 Å². The molecular weight excluding hydrogens is 254 g/mol. The van der Waals surface area contributed by atoms with Crippen molar-refractivity contribution in [1.29, 1.82) is 0 Å². The fourth-order valence-electron chi connectivity index (χ4n) is 2.20. The molecule has 0 heterocycles. The SMILES string of the molecule is C(#Cc1cccc2ccccc12)CN=Cc1ccccc1. The summed E-state index contributed by atoms with van der Waals surface area (Å²) in [6.07, 6.45) is 1.86. The Labute approximate surface area is 125 Å². The number of nitrogens with zero attached hydrogens (tertiary/aromatic N) is 1. The van der Waals surface area contributed by atoms with Crippen molar-refractivity contribution in [3.63, 3.8) is 0 Å². The molecule has 0 spiro atoms. The molecule has 1 heteroatoms. The smallest absolute Gasteiger partial charge is 0.100 e. The van der Waals surface area contributed by atoms with Gasteiger partial charge in [0.15, 0.2) is 0 Å². The Morgan fingerprint density at radius 2 is 1.57 bits per heavy atom. The van der Waals surface area contributed by atoms with Crippen LogP contribution in [0.1, 0.15) is 11.1 Å². The summed E-state index contributed by atoms with van der Waals surface area (Å²) in [5.74, 6) is 6.33. The first-order valence-corrected chi connectivity index (χ1v) is 6.95. The molecule has 0 aliphatic rings. The van der Waals surface area contributed by atoms with E-state index in [1.54, 1.807) is 0 Å². The molecule has 21 heavy (non-hydrogen) atoms. The fourth-order valence-corrected chi connectivity index (χ4v) is 2.20. The van der Waals surface area contributed by atoms with Gasteiger partial charge in [0.25, 0.3) is 0 Å². The highest BCUT2D eigenvalue weighted by molar-refractivity contribution is 5.88. The highest BCUT2D eigenvalue weighted by atomic mass is 14.7. The molecule has 3 aromatic rings. The first-order valence-electron chi connectivity index (χ1n) is 6.95. The Balaban J connectivity index is 1.74. The monoisotopic (exact) mass is 269 g/mol. The molecule has 3 aromatic carbocycles. The first-order chi connectivity index (χ1) is 10.4. The molecule has 0 aliphatic heterocycles. The van der Waals surface area contributed by atoms with Gasteiger partial charge in [0.2, 0.25) is 0 Å². The van der Waals surface area contributed by atoms with Crippen molar-refractivity contribution < 1.29 is 0 Å². The Kier molecular flexibility index (Phi) is 4.10. The number of rotatable bonds is 2. The molecule has 0 fully saturated rings. The minimum Gasteiger partial charge on any atom is -0.280 e. The molecule has 0 radical (unpaired) electrons. The van der Waals surface area contributed by atoms with Crippen LogP contribution < -0.4 is 0 Å². The van der Waals surface area contributed by atoms with E-state index < -0.39 is 0 Å². The molecule has 0 saturated heterocycles. The summed E-state index contributed by atoms with van der Waals surface area (Å²) in [7, 11) is 0. The van der Waals surface area contributed by atoms with Crippen LogP contribution >= 0.6 is 0 Å². The normalized spacial score (nSPS) is 10.5. The van der Waals surface area contributed by atoms with E-state index in [0.29, 0.717) is 6.54 Å². The molecule has 0 bridgehead atoms. The molecule has 0 aliphatic carbocycles. The first kappa shape index (κ1) is 13.1. The Morgan fingerprint density at radius 3 is 2.48 bits per heavy atom. The molecule has 1 nitrogen and oxygen atoms in total. The zero-order chi connectivity index (χ0) is 14.3. The lowest BCUT2D eigenvalue weighted by molar-refractivity contribution is 1.30. The average molecular weight is 269 g/mol. The zero-order valence-corrected chi connectivity index (χ0v) is 11.7. The summed E-state index contributed by atoms with van der Waals surface area (Å²) >= 11 is 0. The van der Waals surface area contributed by atoms with E-state index in [-0.39, 0.29) is 0 Å². The third-order valence-corrected chi connectivity index (χ3v) is 3.22. The second kappa shape index (κ2) is 6.54. The summed E-state index contributed by atoms with van der Waals surface area (Å²) in [5.41, 5.74) is 2.16. The quantitative estimate of drug-likeness (QED) is 0.485. The molecular formula is C20H15N. The van der Waals surface area contributed by atoms with Crippen molar-refractivity contribution in [2.45, 2.75) is 0 Å². The van der Waals surface area contributed by atoms with E-state index >= 15 is 0 Å². The van der Waals surface area contributed by atoms with Crippen molar-refractivity contribution in [2.75, 3.05) is 6.54 Å². The van der Waals surface area contributed by atoms with Gasteiger partial charge in [-0.2, -0.15) is 0 Å². The molecule has 0 aromatic heterocycles. The number of hydrogen-bond donors (Lipinski definition) is 0. The van der Waals surface area contributed by atoms with Crippen LogP contribution in [-0.4, -0.2) is 12.8 Å². The maximum Gasteiger partial charge on any atom is 0.100 e. The van der Waals surface area contributed by atoms with Crippen LogP contribution in [0.3, 0.4) is 0 Å². The van der Waals surface area contributed by atoms with Gasteiger partial charge in [-0.1, -0.05) is 78.6 Å². The van der Waals surface area contributed by atoms with Crippen LogP contribution in [-0.2, 0) is 0 Å². The predicted octanol–water partition coefficient (Wildman–Crippen LogP) is 4.31. The molecule has 0 saturated carbocycles. The topological polar surface area (TPSA) is 12.4 Å². The zero-order valence-electron chi connectivity index (χ0n) is 11.7. The summed E-state index contributed by atoms with van der Waals surface area (Å²) in [6.45, 7) is 0.512. The van der Waals surface area contributed by atoms with Gasteiger partial charge in [0, 0.05) is 11.8 Å². The molecule has 0 atom stereocenters. The highest BCUT2D eigenvalue weighted by Gasteiger charge is 1.95. The fraction of sp³-hybridized carbons (Fsp3) is 0.0500. The largest absolute Gasteiger partial charge is 0.280 e. The summed E-state index contributed by atoms with van der Waals surface area (Å²) in [4.78, 5) is 4.34. The molecule has 0 amide bonds. The second-order valence-corrected chi connectivity index (χ2v) is 4.71. The minimum absolute atomic E-state index is 0.512. The summed E-state index contributed by atoms with van der Waals surface area (Å²) < 4.78 is 0. The lowest BCUT2D eigenvalue weighted by Gasteiger charge is -1.98. The van der Waals surface area contributed by atoms with Crippen LogP contribution in [0.2, 0.25) is 0 Å². The number of benzene rings is 3. The van der Waals surface area contributed by atoms with E-state index in [4.69, 9.17) is 0 Å². The molecule has 0 unspecified atom stereocenters.